The van der Waals surface area contributed by atoms with E-state index in [0.29, 0.717) is 55.2 Å². The number of amides is 1. The molecule has 1 atom stereocenters. The van der Waals surface area contributed by atoms with Gasteiger partial charge >= 0.3 is 0 Å². The zero-order chi connectivity index (χ0) is 28.4. The van der Waals surface area contributed by atoms with E-state index in [0.717, 1.165) is 11.1 Å². The van der Waals surface area contributed by atoms with E-state index in [1.54, 1.807) is 28.9 Å². The number of nitrogens with zero attached hydrogens (tertiary/aromatic N) is 3. The predicted molar refractivity (Wildman–Crippen MR) is 155 cm³/mol. The topological polar surface area (TPSA) is 99.5 Å². The van der Waals surface area contributed by atoms with E-state index in [9.17, 15) is 4.79 Å². The zero-order valence-corrected chi connectivity index (χ0v) is 23.9. The fourth-order valence-electron chi connectivity index (χ4n) is 4.39. The average molecular weight is 601 g/mol. The van der Waals surface area contributed by atoms with Crippen molar-refractivity contribution < 1.29 is 19.0 Å². The van der Waals surface area contributed by atoms with E-state index in [1.165, 1.54) is 20.5 Å². The Morgan fingerprint density at radius 1 is 1.00 bits per heavy atom. The summed E-state index contributed by atoms with van der Waals surface area (Å²) in [5.41, 5.74) is 3.08. The fourth-order valence-corrected chi connectivity index (χ4v) is 5.08. The summed E-state index contributed by atoms with van der Waals surface area (Å²) in [6, 6.07) is 15.3. The maximum Gasteiger partial charge on any atom is 0.255 e. The number of hydrogen-bond acceptors (Lipinski definition) is 7. The Labute approximate surface area is 245 Å². The maximum absolute atomic E-state index is 13.8. The van der Waals surface area contributed by atoms with Crippen molar-refractivity contribution in [3.05, 3.63) is 98.4 Å². The van der Waals surface area contributed by atoms with E-state index in [4.69, 9.17) is 49.0 Å². The molecule has 0 radical (unpaired) electrons. The minimum atomic E-state index is -0.571. The van der Waals surface area contributed by atoms with Crippen molar-refractivity contribution in [3.63, 3.8) is 0 Å². The van der Waals surface area contributed by atoms with Crippen LogP contribution in [-0.2, 0) is 11.4 Å². The molecule has 40 heavy (non-hydrogen) atoms. The Bertz CT molecular complexity index is 1600. The summed E-state index contributed by atoms with van der Waals surface area (Å²) in [7, 11) is 2.99. The standard InChI is InChI=1S/C28H24Cl3N5O4/c1-15-25(27(37)35-22-12-23(38-2)21(31)11-24(22)39-3)26(36-28(34-15)32-14-33-36)16-5-8-19(9-6-16)40-13-17-4-7-18(29)10-20(17)30/h4-12,14,26H,13H2,1-3H3,(H,35,37)(H,32,33,34)/t26-/m0/s1. The normalized spacial score (nSPS) is 14.3. The monoisotopic (exact) mass is 599 g/mol. The first-order valence-electron chi connectivity index (χ1n) is 12.1. The SMILES string of the molecule is COc1cc(NC(=O)C2=C(C)Nc3ncnn3[C@H]2c2ccc(OCc3ccc(Cl)cc3Cl)cc2)c(OC)cc1Cl. The van der Waals surface area contributed by atoms with Gasteiger partial charge in [0.15, 0.2) is 0 Å². The Hall–Kier alpha value is -3.92. The van der Waals surface area contributed by atoms with Crippen LogP contribution in [0.4, 0.5) is 11.6 Å². The van der Waals surface area contributed by atoms with Crippen LogP contribution in [0.3, 0.4) is 0 Å². The van der Waals surface area contributed by atoms with E-state index >= 15 is 0 Å². The van der Waals surface area contributed by atoms with Gasteiger partial charge in [-0.1, -0.05) is 53.0 Å². The van der Waals surface area contributed by atoms with Crippen molar-refractivity contribution in [2.75, 3.05) is 24.9 Å². The summed E-state index contributed by atoms with van der Waals surface area (Å²) < 4.78 is 18.4. The smallest absolute Gasteiger partial charge is 0.255 e. The molecule has 9 nitrogen and oxygen atoms in total. The largest absolute Gasteiger partial charge is 0.495 e. The van der Waals surface area contributed by atoms with Gasteiger partial charge < -0.3 is 24.8 Å². The van der Waals surface area contributed by atoms with Gasteiger partial charge in [0.25, 0.3) is 5.91 Å². The van der Waals surface area contributed by atoms with Gasteiger partial charge in [-0.05, 0) is 36.8 Å². The van der Waals surface area contributed by atoms with Crippen molar-refractivity contribution in [1.82, 2.24) is 14.8 Å². The first-order valence-corrected chi connectivity index (χ1v) is 13.2. The van der Waals surface area contributed by atoms with Gasteiger partial charge in [0, 0.05) is 33.4 Å². The molecule has 0 spiro atoms. The van der Waals surface area contributed by atoms with E-state index in [1.807, 2.05) is 37.3 Å². The number of aromatic nitrogens is 3. The summed E-state index contributed by atoms with van der Waals surface area (Å²) in [5, 5.41) is 11.9. The quantitative estimate of drug-likeness (QED) is 0.230. The lowest BCUT2D eigenvalue weighted by atomic mass is 9.95. The van der Waals surface area contributed by atoms with Crippen molar-refractivity contribution in [2.24, 2.45) is 0 Å². The molecule has 1 aromatic heterocycles. The molecule has 1 amide bonds. The first-order chi connectivity index (χ1) is 19.3. The Morgan fingerprint density at radius 2 is 1.75 bits per heavy atom. The molecule has 0 saturated carbocycles. The summed E-state index contributed by atoms with van der Waals surface area (Å²) in [4.78, 5) is 18.1. The highest BCUT2D eigenvalue weighted by Gasteiger charge is 2.34. The molecular weight excluding hydrogens is 577 g/mol. The number of carbonyl (C=O) groups is 1. The van der Waals surface area contributed by atoms with Crippen molar-refractivity contribution >= 4 is 52.3 Å². The Balaban J connectivity index is 1.43. The number of fused-ring (bicyclic) bond motifs is 1. The molecule has 4 aromatic rings. The number of anilines is 2. The molecule has 0 unspecified atom stereocenters. The second kappa shape index (κ2) is 11.7. The Kier molecular flexibility index (Phi) is 8.07. The minimum Gasteiger partial charge on any atom is -0.495 e. The number of methoxy groups -OCH3 is 2. The number of ether oxygens (including phenoxy) is 3. The van der Waals surface area contributed by atoms with Gasteiger partial charge in [0.2, 0.25) is 5.95 Å². The molecule has 5 rings (SSSR count). The molecule has 2 N–H and O–H groups in total. The molecule has 206 valence electrons. The van der Waals surface area contributed by atoms with Crippen LogP contribution in [0.25, 0.3) is 0 Å². The third-order valence-corrected chi connectivity index (χ3v) is 7.25. The number of rotatable bonds is 8. The molecule has 1 aliphatic rings. The number of carbonyl (C=O) groups excluding carboxylic acids is 1. The van der Waals surface area contributed by atoms with Crippen LogP contribution in [0.5, 0.6) is 17.2 Å². The third-order valence-electron chi connectivity index (χ3n) is 6.37. The number of allylic oxidation sites excluding steroid dienone is 1. The highest BCUT2D eigenvalue weighted by Crippen LogP contribution is 2.39. The van der Waals surface area contributed by atoms with Gasteiger partial charge in [-0.25, -0.2) is 4.68 Å². The van der Waals surface area contributed by atoms with Crippen LogP contribution in [-0.4, -0.2) is 34.9 Å². The van der Waals surface area contributed by atoms with Gasteiger partial charge in [0.05, 0.1) is 30.5 Å². The average Bonchev–Trinajstić information content (AvgIpc) is 3.41. The summed E-state index contributed by atoms with van der Waals surface area (Å²) in [5.74, 6) is 1.57. The molecule has 0 aliphatic carbocycles. The highest BCUT2D eigenvalue weighted by atomic mass is 35.5. The van der Waals surface area contributed by atoms with Crippen LogP contribution in [0.2, 0.25) is 15.1 Å². The minimum absolute atomic E-state index is 0.273. The van der Waals surface area contributed by atoms with Crippen LogP contribution < -0.4 is 24.8 Å². The van der Waals surface area contributed by atoms with Crippen molar-refractivity contribution in [2.45, 2.75) is 19.6 Å². The molecule has 0 bridgehead atoms. The molecular formula is C28H24Cl3N5O4. The predicted octanol–water partition coefficient (Wildman–Crippen LogP) is 6.76. The third kappa shape index (κ3) is 5.54. The lowest BCUT2D eigenvalue weighted by molar-refractivity contribution is -0.113. The first kappa shape index (κ1) is 27.6. The number of halogens is 3. The van der Waals surface area contributed by atoms with Crippen LogP contribution in [0, 0.1) is 0 Å². The van der Waals surface area contributed by atoms with Crippen molar-refractivity contribution in [1.29, 1.82) is 0 Å². The molecule has 0 fully saturated rings. The van der Waals surface area contributed by atoms with Crippen LogP contribution >= 0.6 is 34.8 Å². The van der Waals surface area contributed by atoms with Gasteiger partial charge in [-0.2, -0.15) is 10.1 Å². The lowest BCUT2D eigenvalue weighted by Crippen LogP contribution is -2.31. The molecule has 2 heterocycles. The maximum atomic E-state index is 13.8. The highest BCUT2D eigenvalue weighted by molar-refractivity contribution is 6.35. The molecule has 0 saturated heterocycles. The summed E-state index contributed by atoms with van der Waals surface area (Å²) in [6.45, 7) is 2.09. The summed E-state index contributed by atoms with van der Waals surface area (Å²) in [6.07, 6.45) is 1.43. The number of benzene rings is 3. The van der Waals surface area contributed by atoms with Crippen LogP contribution in [0.15, 0.2) is 72.2 Å². The number of nitrogens with one attached hydrogen (secondary N) is 2. The van der Waals surface area contributed by atoms with Crippen LogP contribution in [0.1, 0.15) is 24.1 Å². The van der Waals surface area contributed by atoms with Gasteiger partial charge in [-0.15, -0.1) is 0 Å². The second-order valence-corrected chi connectivity index (χ2v) is 10.1. The number of hydrogen-bond donors (Lipinski definition) is 2. The van der Waals surface area contributed by atoms with E-state index < -0.39 is 6.04 Å². The lowest BCUT2D eigenvalue weighted by Gasteiger charge is -2.29. The molecule has 1 aliphatic heterocycles. The zero-order valence-electron chi connectivity index (χ0n) is 21.7. The van der Waals surface area contributed by atoms with Crippen molar-refractivity contribution in [3.8, 4) is 17.2 Å². The molecule has 3 aromatic carbocycles. The second-order valence-electron chi connectivity index (χ2n) is 8.83. The van der Waals surface area contributed by atoms with Gasteiger partial charge in [0.1, 0.15) is 36.2 Å². The fraction of sp³-hybridized carbons (Fsp3) is 0.179. The molecule has 12 heteroatoms. The summed E-state index contributed by atoms with van der Waals surface area (Å²) >= 11 is 18.5. The van der Waals surface area contributed by atoms with Gasteiger partial charge in [-0.3, -0.25) is 4.79 Å². The van der Waals surface area contributed by atoms with E-state index in [-0.39, 0.29) is 12.5 Å². The van der Waals surface area contributed by atoms with E-state index in [2.05, 4.69) is 20.7 Å². The Morgan fingerprint density at radius 3 is 2.45 bits per heavy atom.